The Bertz CT molecular complexity index is 220. The topological polar surface area (TPSA) is 147 Å². The predicted molar refractivity (Wildman–Crippen MR) is 25.8 cm³/mol. The van der Waals surface area contributed by atoms with E-state index in [1.807, 2.05) is 0 Å². The van der Waals surface area contributed by atoms with E-state index in [9.17, 15) is 28.7 Å². The summed E-state index contributed by atoms with van der Waals surface area (Å²) >= 11 is 0. The van der Waals surface area contributed by atoms with Crippen LogP contribution in [0.5, 0.6) is 0 Å². The SMILES string of the molecule is CC(O)(P(=O)([O-])[O-])P(=O)([O-])[O-].[Cd+2].[K+].[K+]. The van der Waals surface area contributed by atoms with Crippen molar-refractivity contribution in [3.05, 3.63) is 0 Å². The minimum absolute atomic E-state index is 0. The van der Waals surface area contributed by atoms with Crippen LogP contribution in [-0.2, 0) is 36.4 Å². The van der Waals surface area contributed by atoms with Crippen LogP contribution in [0, 0.1) is 0 Å². The average Bonchev–Trinajstić information content (AvgIpc) is 1.58. The largest absolute Gasteiger partial charge is 2.00 e. The van der Waals surface area contributed by atoms with Crippen molar-refractivity contribution < 1.29 is 164 Å². The van der Waals surface area contributed by atoms with Crippen LogP contribution in [0.2, 0.25) is 0 Å². The Morgan fingerprint density at radius 1 is 1.00 bits per heavy atom. The molecule has 1 N–H and O–H groups in total. The summed E-state index contributed by atoms with van der Waals surface area (Å²) in [6.07, 6.45) is 0. The van der Waals surface area contributed by atoms with Crippen molar-refractivity contribution >= 4 is 15.2 Å². The standard InChI is InChI=1S/C2H8O7P2.Cd.2K/c1-2(3,10(4,5)6)11(7,8)9;;;/h3H,1H3,(H2,4,5,6)(H2,7,8,9);;;/q;+2;2*+1/p-4. The fraction of sp³-hybridized carbons (Fsp3) is 1.00. The van der Waals surface area contributed by atoms with Crippen LogP contribution in [0.15, 0.2) is 0 Å². The third-order valence-electron chi connectivity index (χ3n) is 1.04. The quantitative estimate of drug-likeness (QED) is 0.362. The molecule has 7 nitrogen and oxygen atoms in total. The van der Waals surface area contributed by atoms with E-state index in [-0.39, 0.29) is 137 Å². The van der Waals surface area contributed by atoms with Gasteiger partial charge in [-0.1, -0.05) is 0 Å². The summed E-state index contributed by atoms with van der Waals surface area (Å²) in [4.78, 5) is 39.8. The zero-order valence-electron chi connectivity index (χ0n) is 8.00. The zero-order valence-corrected chi connectivity index (χ0v) is 20.1. The van der Waals surface area contributed by atoms with Crippen LogP contribution >= 0.6 is 15.2 Å². The molecule has 0 saturated heterocycles. The molecule has 0 aliphatic heterocycles. The normalized spacial score (nSPS) is 11.9. The Kier molecular flexibility index (Phi) is 18.0. The van der Waals surface area contributed by atoms with Gasteiger partial charge in [-0.3, -0.25) is 0 Å². The van der Waals surface area contributed by atoms with Crippen molar-refractivity contribution in [1.29, 1.82) is 0 Å². The molecule has 0 aromatic heterocycles. The Labute approximate surface area is 186 Å². The zero-order chi connectivity index (χ0) is 9.50. The number of rotatable bonds is 2. The summed E-state index contributed by atoms with van der Waals surface area (Å²) in [6.45, 7) is 0.133. The van der Waals surface area contributed by atoms with Crippen molar-refractivity contribution in [3.8, 4) is 0 Å². The van der Waals surface area contributed by atoms with Gasteiger partial charge in [-0.05, 0) is 22.1 Å². The molecule has 0 unspecified atom stereocenters. The van der Waals surface area contributed by atoms with Gasteiger partial charge in [0.15, 0.2) is 0 Å². The number of hydrogen-bond donors (Lipinski definition) is 1. The van der Waals surface area contributed by atoms with E-state index in [0.717, 1.165) is 0 Å². The van der Waals surface area contributed by atoms with Gasteiger partial charge in [0.2, 0.25) is 0 Å². The summed E-state index contributed by atoms with van der Waals surface area (Å²) in [5.74, 6) is 0. The summed E-state index contributed by atoms with van der Waals surface area (Å²) in [7, 11) is -11.6. The van der Waals surface area contributed by atoms with Crippen LogP contribution < -0.4 is 122 Å². The fourth-order valence-corrected chi connectivity index (χ4v) is 1.35. The van der Waals surface area contributed by atoms with Gasteiger partial charge in [0.1, 0.15) is 5.08 Å². The maximum atomic E-state index is 9.95. The molecule has 0 saturated carbocycles. The third kappa shape index (κ3) is 7.79. The average molecular weight is 393 g/mol. The number of aliphatic hydroxyl groups is 1. The maximum absolute atomic E-state index is 9.95. The minimum Gasteiger partial charge on any atom is -0.808 e. The van der Waals surface area contributed by atoms with Crippen LogP contribution in [0.4, 0.5) is 0 Å². The van der Waals surface area contributed by atoms with Crippen LogP contribution in [0.25, 0.3) is 0 Å². The molecule has 68 valence electrons. The molecule has 12 heteroatoms. The molecule has 0 fully saturated rings. The monoisotopic (exact) mass is 394 g/mol. The van der Waals surface area contributed by atoms with Crippen molar-refractivity contribution in [1.82, 2.24) is 0 Å². The first-order chi connectivity index (χ1) is 4.50. The van der Waals surface area contributed by atoms with Crippen LogP contribution in [-0.4, -0.2) is 10.2 Å². The van der Waals surface area contributed by atoms with Crippen molar-refractivity contribution in [2.45, 2.75) is 12.0 Å². The Balaban J connectivity index is -0.000000167. The molecule has 0 aliphatic rings. The summed E-state index contributed by atoms with van der Waals surface area (Å²) < 4.78 is 19.9. The Hall–Kier alpha value is 4.45. The molecule has 0 aliphatic carbocycles. The van der Waals surface area contributed by atoms with Crippen LogP contribution in [0.1, 0.15) is 6.92 Å². The molecule has 0 atom stereocenters. The van der Waals surface area contributed by atoms with Gasteiger partial charge in [-0.2, -0.15) is 0 Å². The second-order valence-corrected chi connectivity index (χ2v) is 6.05. The van der Waals surface area contributed by atoms with Gasteiger partial charge < -0.3 is 33.8 Å². The maximum Gasteiger partial charge on any atom is 2.00 e. The molecule has 0 aromatic carbocycles. The van der Waals surface area contributed by atoms with Gasteiger partial charge in [0.25, 0.3) is 0 Å². The number of hydrogen-bond acceptors (Lipinski definition) is 7. The van der Waals surface area contributed by atoms with Crippen LogP contribution in [0.3, 0.4) is 0 Å². The molecule has 0 radical (unpaired) electrons. The van der Waals surface area contributed by atoms with E-state index in [2.05, 4.69) is 0 Å². The third-order valence-corrected chi connectivity index (χ3v) is 4.58. The Morgan fingerprint density at radius 2 is 1.14 bits per heavy atom. The van der Waals surface area contributed by atoms with E-state index in [1.165, 1.54) is 0 Å². The van der Waals surface area contributed by atoms with Crippen molar-refractivity contribution in [3.63, 3.8) is 0 Å². The smallest absolute Gasteiger partial charge is 0.808 e. The fourth-order valence-electron chi connectivity index (χ4n) is 0.150. The molecular weight excluding hydrogens is 389 g/mol. The van der Waals surface area contributed by atoms with E-state index in [1.54, 1.807) is 0 Å². The van der Waals surface area contributed by atoms with E-state index in [0.29, 0.717) is 0 Å². The molecule has 0 aromatic rings. The molecule has 0 spiro atoms. The van der Waals surface area contributed by atoms with Gasteiger partial charge in [-0.15, -0.1) is 0 Å². The van der Waals surface area contributed by atoms with Crippen molar-refractivity contribution in [2.75, 3.05) is 0 Å². The van der Waals surface area contributed by atoms with Gasteiger partial charge in [0.05, 0.1) is 0 Å². The van der Waals surface area contributed by atoms with E-state index in [4.69, 9.17) is 5.11 Å². The molecule has 14 heavy (non-hydrogen) atoms. The van der Waals surface area contributed by atoms with Gasteiger partial charge >= 0.3 is 130 Å². The van der Waals surface area contributed by atoms with Gasteiger partial charge in [0, 0.05) is 0 Å². The summed E-state index contributed by atoms with van der Waals surface area (Å²) in [6, 6.07) is 0. The summed E-state index contributed by atoms with van der Waals surface area (Å²) in [5, 5.41) is 4.68. The molecule has 0 heterocycles. The molecule has 0 amide bonds. The van der Waals surface area contributed by atoms with Crippen molar-refractivity contribution in [2.24, 2.45) is 0 Å². The molecule has 0 rings (SSSR count). The first kappa shape index (κ1) is 26.9. The van der Waals surface area contributed by atoms with Gasteiger partial charge in [-0.25, -0.2) is 0 Å². The van der Waals surface area contributed by atoms with E-state index < -0.39 is 20.3 Å². The first-order valence-corrected chi connectivity index (χ1v) is 5.35. The first-order valence-electron chi connectivity index (χ1n) is 2.27. The Morgan fingerprint density at radius 3 is 1.14 bits per heavy atom. The predicted octanol–water partition coefficient (Wildman–Crippen LogP) is -9.51. The second-order valence-electron chi connectivity index (χ2n) is 1.97. The van der Waals surface area contributed by atoms with E-state index >= 15 is 0 Å². The molecule has 0 bridgehead atoms. The molecular formula is C2H4CdK2O7P2. The second kappa shape index (κ2) is 9.37. The minimum atomic E-state index is -5.82. The summed E-state index contributed by atoms with van der Waals surface area (Å²) in [5.41, 5.74) is 0.